The van der Waals surface area contributed by atoms with E-state index in [2.05, 4.69) is 25.5 Å². The standard InChI is InChI=1S/C11H16N6S.ClH/c1-8-4-14-9(5-13-8)7-18-11-16-15-10(6-12-2)17(11)3;/h4-5,12H,6-7H2,1-3H3;1H. The molecule has 0 aromatic carbocycles. The highest BCUT2D eigenvalue weighted by atomic mass is 35.5. The minimum atomic E-state index is 0. The highest BCUT2D eigenvalue weighted by Crippen LogP contribution is 2.19. The fourth-order valence-corrected chi connectivity index (χ4v) is 2.24. The quantitative estimate of drug-likeness (QED) is 0.841. The Morgan fingerprint density at radius 1 is 1.26 bits per heavy atom. The van der Waals surface area contributed by atoms with E-state index in [1.165, 1.54) is 0 Å². The zero-order valence-electron chi connectivity index (χ0n) is 11.1. The van der Waals surface area contributed by atoms with Gasteiger partial charge in [0.15, 0.2) is 5.16 Å². The predicted octanol–water partition coefficient (Wildman–Crippen LogP) is 1.35. The van der Waals surface area contributed by atoms with Gasteiger partial charge in [0.25, 0.3) is 0 Å². The zero-order chi connectivity index (χ0) is 13.0. The van der Waals surface area contributed by atoms with Crippen LogP contribution in [-0.2, 0) is 19.3 Å². The fraction of sp³-hybridized carbons (Fsp3) is 0.455. The van der Waals surface area contributed by atoms with Crippen LogP contribution in [0.5, 0.6) is 0 Å². The first-order chi connectivity index (χ1) is 8.70. The summed E-state index contributed by atoms with van der Waals surface area (Å²) >= 11 is 1.61. The maximum atomic E-state index is 4.31. The summed E-state index contributed by atoms with van der Waals surface area (Å²) in [7, 11) is 3.86. The summed E-state index contributed by atoms with van der Waals surface area (Å²) in [6.45, 7) is 2.64. The number of aryl methyl sites for hydroxylation is 1. The van der Waals surface area contributed by atoms with Crippen LogP contribution in [0.2, 0.25) is 0 Å². The normalized spacial score (nSPS) is 10.3. The summed E-state index contributed by atoms with van der Waals surface area (Å²) in [5, 5.41) is 12.2. The average molecular weight is 301 g/mol. The number of aromatic nitrogens is 5. The van der Waals surface area contributed by atoms with Gasteiger partial charge in [-0.3, -0.25) is 9.97 Å². The van der Waals surface area contributed by atoms with Gasteiger partial charge in [0.2, 0.25) is 0 Å². The van der Waals surface area contributed by atoms with Crippen LogP contribution in [0.25, 0.3) is 0 Å². The molecule has 0 saturated carbocycles. The number of nitrogens with one attached hydrogen (secondary N) is 1. The second kappa shape index (κ2) is 7.42. The van der Waals surface area contributed by atoms with Gasteiger partial charge in [-0.15, -0.1) is 22.6 Å². The molecule has 2 heterocycles. The van der Waals surface area contributed by atoms with Gasteiger partial charge in [0.05, 0.1) is 17.9 Å². The molecule has 104 valence electrons. The SMILES string of the molecule is CNCc1nnc(SCc2cnc(C)cn2)n1C.Cl. The Morgan fingerprint density at radius 3 is 2.68 bits per heavy atom. The molecular formula is C11H17ClN6S. The van der Waals surface area contributed by atoms with Crippen LogP contribution in [0.15, 0.2) is 17.6 Å². The Labute approximate surface area is 122 Å². The molecule has 1 N–H and O–H groups in total. The van der Waals surface area contributed by atoms with Crippen LogP contribution in [0, 0.1) is 6.92 Å². The van der Waals surface area contributed by atoms with Crippen molar-refractivity contribution >= 4 is 24.2 Å². The van der Waals surface area contributed by atoms with Gasteiger partial charge < -0.3 is 9.88 Å². The second-order valence-corrected chi connectivity index (χ2v) is 4.87. The summed E-state index contributed by atoms with van der Waals surface area (Å²) in [6, 6.07) is 0. The highest BCUT2D eigenvalue weighted by molar-refractivity contribution is 7.98. The summed E-state index contributed by atoms with van der Waals surface area (Å²) < 4.78 is 1.99. The second-order valence-electron chi connectivity index (χ2n) is 3.93. The Kier molecular flexibility index (Phi) is 6.20. The molecular weight excluding hydrogens is 284 g/mol. The van der Waals surface area contributed by atoms with Crippen molar-refractivity contribution in [3.63, 3.8) is 0 Å². The van der Waals surface area contributed by atoms with Crippen molar-refractivity contribution in [2.45, 2.75) is 24.4 Å². The first-order valence-corrected chi connectivity index (χ1v) is 6.62. The van der Waals surface area contributed by atoms with E-state index in [9.17, 15) is 0 Å². The molecule has 0 amide bonds. The number of nitrogens with zero attached hydrogens (tertiary/aromatic N) is 5. The van der Waals surface area contributed by atoms with Crippen LogP contribution in [0.3, 0.4) is 0 Å². The van der Waals surface area contributed by atoms with Crippen molar-refractivity contribution in [2.75, 3.05) is 7.05 Å². The third-order valence-electron chi connectivity index (χ3n) is 2.44. The topological polar surface area (TPSA) is 68.5 Å². The molecule has 6 nitrogen and oxygen atoms in total. The van der Waals surface area contributed by atoms with Crippen LogP contribution in [0.4, 0.5) is 0 Å². The molecule has 0 radical (unpaired) electrons. The van der Waals surface area contributed by atoms with Crippen molar-refractivity contribution in [3.8, 4) is 0 Å². The average Bonchev–Trinajstić information content (AvgIpc) is 2.71. The first-order valence-electron chi connectivity index (χ1n) is 5.64. The van der Waals surface area contributed by atoms with E-state index >= 15 is 0 Å². The van der Waals surface area contributed by atoms with E-state index in [0.717, 1.165) is 28.1 Å². The monoisotopic (exact) mass is 300 g/mol. The summed E-state index contributed by atoms with van der Waals surface area (Å²) in [6.07, 6.45) is 3.58. The minimum Gasteiger partial charge on any atom is -0.313 e. The Hall–Kier alpha value is -1.18. The molecule has 0 fully saturated rings. The largest absolute Gasteiger partial charge is 0.313 e. The number of hydrogen-bond acceptors (Lipinski definition) is 6. The van der Waals surface area contributed by atoms with Gasteiger partial charge in [0, 0.05) is 25.2 Å². The number of halogens is 1. The summed E-state index contributed by atoms with van der Waals surface area (Å²) in [4.78, 5) is 8.53. The van der Waals surface area contributed by atoms with E-state index in [0.29, 0.717) is 6.54 Å². The van der Waals surface area contributed by atoms with E-state index < -0.39 is 0 Å². The summed E-state index contributed by atoms with van der Waals surface area (Å²) in [5.74, 6) is 1.67. The zero-order valence-corrected chi connectivity index (χ0v) is 12.8. The first kappa shape index (κ1) is 15.9. The molecule has 0 spiro atoms. The van der Waals surface area contributed by atoms with Crippen LogP contribution in [0.1, 0.15) is 17.2 Å². The van der Waals surface area contributed by atoms with Gasteiger partial charge in [-0.25, -0.2) is 0 Å². The number of thioether (sulfide) groups is 1. The lowest BCUT2D eigenvalue weighted by Crippen LogP contribution is -2.10. The van der Waals surface area contributed by atoms with Gasteiger partial charge in [-0.05, 0) is 14.0 Å². The van der Waals surface area contributed by atoms with Crippen molar-refractivity contribution in [1.29, 1.82) is 0 Å². The Morgan fingerprint density at radius 2 is 2.05 bits per heavy atom. The third kappa shape index (κ3) is 4.15. The van der Waals surface area contributed by atoms with E-state index in [4.69, 9.17) is 0 Å². The molecule has 0 unspecified atom stereocenters. The van der Waals surface area contributed by atoms with E-state index in [1.807, 2.05) is 25.6 Å². The molecule has 0 atom stereocenters. The van der Waals surface area contributed by atoms with Crippen LogP contribution >= 0.6 is 24.2 Å². The van der Waals surface area contributed by atoms with Gasteiger partial charge >= 0.3 is 0 Å². The minimum absolute atomic E-state index is 0. The maximum absolute atomic E-state index is 4.31. The lowest BCUT2D eigenvalue weighted by molar-refractivity contribution is 0.682. The van der Waals surface area contributed by atoms with Crippen molar-refractivity contribution in [2.24, 2.45) is 7.05 Å². The van der Waals surface area contributed by atoms with Gasteiger partial charge in [-0.1, -0.05) is 11.8 Å². The van der Waals surface area contributed by atoms with Crippen molar-refractivity contribution in [3.05, 3.63) is 29.6 Å². The van der Waals surface area contributed by atoms with Gasteiger partial charge in [-0.2, -0.15) is 0 Å². The molecule has 8 heteroatoms. The Bertz CT molecular complexity index is 512. The smallest absolute Gasteiger partial charge is 0.191 e. The van der Waals surface area contributed by atoms with Crippen LogP contribution in [-0.4, -0.2) is 31.8 Å². The molecule has 0 bridgehead atoms. The van der Waals surface area contributed by atoms with Crippen molar-refractivity contribution in [1.82, 2.24) is 30.0 Å². The van der Waals surface area contributed by atoms with Gasteiger partial charge in [0.1, 0.15) is 5.82 Å². The molecule has 19 heavy (non-hydrogen) atoms. The lowest BCUT2D eigenvalue weighted by Gasteiger charge is -2.03. The van der Waals surface area contributed by atoms with Crippen LogP contribution < -0.4 is 5.32 Å². The fourth-order valence-electron chi connectivity index (χ4n) is 1.42. The molecule has 0 saturated heterocycles. The molecule has 2 aromatic heterocycles. The number of rotatable bonds is 5. The van der Waals surface area contributed by atoms with E-state index in [-0.39, 0.29) is 12.4 Å². The predicted molar refractivity (Wildman–Crippen MR) is 77.3 cm³/mol. The highest BCUT2D eigenvalue weighted by Gasteiger charge is 2.08. The summed E-state index contributed by atoms with van der Waals surface area (Å²) in [5.41, 5.74) is 1.88. The number of hydrogen-bond donors (Lipinski definition) is 1. The Balaban J connectivity index is 0.00000180. The molecule has 2 aromatic rings. The maximum Gasteiger partial charge on any atom is 0.191 e. The lowest BCUT2D eigenvalue weighted by atomic mass is 10.4. The third-order valence-corrected chi connectivity index (χ3v) is 3.50. The molecule has 2 rings (SSSR count). The molecule has 0 aliphatic heterocycles. The molecule has 0 aliphatic carbocycles. The van der Waals surface area contributed by atoms with E-state index in [1.54, 1.807) is 24.2 Å². The molecule has 0 aliphatic rings. The van der Waals surface area contributed by atoms with Crippen molar-refractivity contribution < 1.29 is 0 Å².